The van der Waals surface area contributed by atoms with Crippen LogP contribution >= 0.6 is 0 Å². The van der Waals surface area contributed by atoms with Crippen LogP contribution in [-0.2, 0) is 4.74 Å². The van der Waals surface area contributed by atoms with Crippen LogP contribution in [0.3, 0.4) is 0 Å². The molecule has 1 aliphatic carbocycles. The van der Waals surface area contributed by atoms with E-state index >= 15 is 0 Å². The Morgan fingerprint density at radius 3 is 2.74 bits per heavy atom. The Morgan fingerprint density at radius 1 is 1.23 bits per heavy atom. The van der Waals surface area contributed by atoms with Gasteiger partial charge in [-0.25, -0.2) is 14.3 Å². The molecule has 0 atom stereocenters. The van der Waals surface area contributed by atoms with Crippen molar-refractivity contribution in [2.45, 2.75) is 51.5 Å². The monoisotopic (exact) mass is 426 g/mol. The zero-order valence-corrected chi connectivity index (χ0v) is 18.4. The number of benzene rings is 1. The average molecular weight is 427 g/mol. The molecule has 0 unspecified atom stereocenters. The third kappa shape index (κ3) is 4.19. The molecule has 1 fully saturated rings. The number of H-pyrrole nitrogens is 1. The molecule has 166 valence electrons. The number of rotatable bonds is 8. The summed E-state index contributed by atoms with van der Waals surface area (Å²) in [6, 6.07) is 6.17. The van der Waals surface area contributed by atoms with Crippen molar-refractivity contribution >= 4 is 17.4 Å². The lowest BCUT2D eigenvalue weighted by Gasteiger charge is -2.24. The highest BCUT2D eigenvalue weighted by atomic mass is 16.5. The topological polar surface area (TPSA) is 89.9 Å². The highest BCUT2D eigenvalue weighted by molar-refractivity contribution is 5.97. The van der Waals surface area contributed by atoms with Crippen LogP contribution in [0.15, 0.2) is 24.4 Å². The first-order chi connectivity index (χ1) is 15.2. The molecule has 8 heteroatoms. The van der Waals surface area contributed by atoms with Gasteiger partial charge >= 0.3 is 5.97 Å². The van der Waals surface area contributed by atoms with E-state index in [1.54, 1.807) is 13.3 Å². The van der Waals surface area contributed by atoms with E-state index in [4.69, 9.17) is 19.2 Å². The van der Waals surface area contributed by atoms with E-state index in [-0.39, 0.29) is 0 Å². The molecule has 3 aromatic rings. The number of carbonyl (C=O) groups is 1. The van der Waals surface area contributed by atoms with E-state index in [0.717, 1.165) is 36.3 Å². The lowest BCUT2D eigenvalue weighted by molar-refractivity contribution is 0.0602. The lowest BCUT2D eigenvalue weighted by Crippen LogP contribution is -2.23. The molecule has 4 rings (SSSR count). The SMILES string of the molecule is CCCOc1ccc(-c2nc3c(C(=O)OC)c[nH]n3c2NC2CCCCC2)cc1OC. The van der Waals surface area contributed by atoms with Crippen molar-refractivity contribution in [3.8, 4) is 22.8 Å². The molecule has 1 saturated carbocycles. The summed E-state index contributed by atoms with van der Waals surface area (Å²) in [6.45, 7) is 2.69. The molecular formula is C23H30N4O4. The van der Waals surface area contributed by atoms with Gasteiger partial charge in [0.25, 0.3) is 0 Å². The maximum absolute atomic E-state index is 12.2. The van der Waals surface area contributed by atoms with E-state index in [2.05, 4.69) is 17.3 Å². The number of esters is 1. The molecule has 2 aromatic heterocycles. The van der Waals surface area contributed by atoms with Crippen LogP contribution in [-0.4, -0.2) is 47.4 Å². The normalized spacial score (nSPS) is 14.5. The Morgan fingerprint density at radius 2 is 2.03 bits per heavy atom. The molecule has 0 radical (unpaired) electrons. The molecule has 0 spiro atoms. The van der Waals surface area contributed by atoms with Crippen LogP contribution in [0, 0.1) is 0 Å². The maximum Gasteiger partial charge on any atom is 0.343 e. The summed E-state index contributed by atoms with van der Waals surface area (Å²) in [5.74, 6) is 1.77. The first-order valence-electron chi connectivity index (χ1n) is 10.9. The fourth-order valence-electron chi connectivity index (χ4n) is 4.10. The number of nitrogens with zero attached hydrogens (tertiary/aromatic N) is 2. The van der Waals surface area contributed by atoms with Crippen molar-refractivity contribution in [1.29, 1.82) is 0 Å². The van der Waals surface area contributed by atoms with Crippen LogP contribution in [0.5, 0.6) is 11.5 Å². The number of nitrogens with one attached hydrogen (secondary N) is 2. The summed E-state index contributed by atoms with van der Waals surface area (Å²) in [5.41, 5.74) is 2.57. The molecule has 2 N–H and O–H groups in total. The fraction of sp³-hybridized carbons (Fsp3) is 0.478. The number of aromatic nitrogens is 3. The van der Waals surface area contributed by atoms with Gasteiger partial charge in [0.05, 0.1) is 20.8 Å². The van der Waals surface area contributed by atoms with Gasteiger partial charge < -0.3 is 19.5 Å². The van der Waals surface area contributed by atoms with Crippen LogP contribution in [0.1, 0.15) is 55.8 Å². The largest absolute Gasteiger partial charge is 0.493 e. The maximum atomic E-state index is 12.2. The number of hydrogen-bond acceptors (Lipinski definition) is 6. The number of carbonyl (C=O) groups excluding carboxylic acids is 1. The molecule has 0 saturated heterocycles. The molecule has 2 heterocycles. The van der Waals surface area contributed by atoms with Crippen LogP contribution in [0.25, 0.3) is 16.9 Å². The second-order valence-corrected chi connectivity index (χ2v) is 7.84. The second-order valence-electron chi connectivity index (χ2n) is 7.84. The number of fused-ring (bicyclic) bond motifs is 1. The Kier molecular flexibility index (Phi) is 6.34. The zero-order chi connectivity index (χ0) is 21.8. The van der Waals surface area contributed by atoms with Crippen molar-refractivity contribution in [3.05, 3.63) is 30.0 Å². The van der Waals surface area contributed by atoms with Gasteiger partial charge in [-0.2, -0.15) is 0 Å². The van der Waals surface area contributed by atoms with Gasteiger partial charge in [0.2, 0.25) is 0 Å². The Bertz CT molecular complexity index is 1050. The van der Waals surface area contributed by atoms with Crippen molar-refractivity contribution in [3.63, 3.8) is 0 Å². The number of methoxy groups -OCH3 is 2. The van der Waals surface area contributed by atoms with E-state index in [1.165, 1.54) is 26.4 Å². The van der Waals surface area contributed by atoms with Crippen molar-refractivity contribution in [2.24, 2.45) is 0 Å². The summed E-state index contributed by atoms with van der Waals surface area (Å²) in [4.78, 5) is 17.0. The van der Waals surface area contributed by atoms with Gasteiger partial charge in [-0.15, -0.1) is 0 Å². The first kappa shape index (κ1) is 21.1. The third-order valence-corrected chi connectivity index (χ3v) is 5.71. The van der Waals surface area contributed by atoms with Crippen molar-refractivity contribution in [1.82, 2.24) is 14.6 Å². The molecule has 1 aliphatic rings. The molecule has 0 bridgehead atoms. The number of aromatic amines is 1. The Balaban J connectivity index is 1.79. The van der Waals surface area contributed by atoms with Crippen LogP contribution in [0.2, 0.25) is 0 Å². The van der Waals surface area contributed by atoms with Crippen molar-refractivity contribution < 1.29 is 19.0 Å². The van der Waals surface area contributed by atoms with Gasteiger partial charge in [-0.3, -0.25) is 5.10 Å². The number of anilines is 1. The van der Waals surface area contributed by atoms with Crippen LogP contribution in [0.4, 0.5) is 5.82 Å². The minimum Gasteiger partial charge on any atom is -0.493 e. The minimum absolute atomic E-state index is 0.367. The Hall–Kier alpha value is -3.16. The first-order valence-corrected chi connectivity index (χ1v) is 10.9. The van der Waals surface area contributed by atoms with Crippen LogP contribution < -0.4 is 14.8 Å². The molecule has 1 aromatic carbocycles. The fourth-order valence-corrected chi connectivity index (χ4v) is 4.10. The summed E-state index contributed by atoms with van der Waals surface area (Å²) >= 11 is 0. The highest BCUT2D eigenvalue weighted by Crippen LogP contribution is 2.37. The minimum atomic E-state index is -0.423. The predicted octanol–water partition coefficient (Wildman–Crippen LogP) is 4.66. The average Bonchev–Trinajstić information content (AvgIpc) is 3.38. The van der Waals surface area contributed by atoms with Gasteiger partial charge in [-0.1, -0.05) is 26.2 Å². The standard InChI is InChI=1S/C23H30N4O4/c1-4-12-31-18-11-10-15(13-19(18)29-2)20-22(25-16-8-6-5-7-9-16)27-21(26-20)17(14-24-27)23(28)30-3/h10-11,13-14,16,24-25H,4-9,12H2,1-3H3. The molecular weight excluding hydrogens is 396 g/mol. The summed E-state index contributed by atoms with van der Waals surface area (Å²) in [5, 5.41) is 6.83. The number of ether oxygens (including phenoxy) is 3. The third-order valence-electron chi connectivity index (χ3n) is 5.71. The van der Waals surface area contributed by atoms with Gasteiger partial charge in [0, 0.05) is 17.8 Å². The zero-order valence-electron chi connectivity index (χ0n) is 18.4. The quantitative estimate of drug-likeness (QED) is 0.509. The van der Waals surface area contributed by atoms with Crippen molar-refractivity contribution in [2.75, 3.05) is 26.1 Å². The van der Waals surface area contributed by atoms with Gasteiger partial charge in [-0.05, 0) is 37.5 Å². The molecule has 0 aliphatic heterocycles. The predicted molar refractivity (Wildman–Crippen MR) is 119 cm³/mol. The van der Waals surface area contributed by atoms with E-state index < -0.39 is 5.97 Å². The lowest BCUT2D eigenvalue weighted by atomic mass is 9.95. The number of imidazole rings is 1. The molecule has 31 heavy (non-hydrogen) atoms. The summed E-state index contributed by atoms with van der Waals surface area (Å²) in [7, 11) is 3.00. The molecule has 8 nitrogen and oxygen atoms in total. The summed E-state index contributed by atoms with van der Waals surface area (Å²) in [6.07, 6.45) is 8.48. The van der Waals surface area contributed by atoms with E-state index in [9.17, 15) is 4.79 Å². The van der Waals surface area contributed by atoms with Gasteiger partial charge in [0.1, 0.15) is 11.3 Å². The second kappa shape index (κ2) is 9.32. The molecule has 0 amide bonds. The van der Waals surface area contributed by atoms with E-state index in [0.29, 0.717) is 35.4 Å². The van der Waals surface area contributed by atoms with Gasteiger partial charge in [0.15, 0.2) is 23.0 Å². The Labute approximate surface area is 181 Å². The number of hydrogen-bond donors (Lipinski definition) is 2. The summed E-state index contributed by atoms with van der Waals surface area (Å²) < 4.78 is 18.1. The van der Waals surface area contributed by atoms with E-state index in [1.807, 2.05) is 22.7 Å². The highest BCUT2D eigenvalue weighted by Gasteiger charge is 2.24. The smallest absolute Gasteiger partial charge is 0.343 e.